The van der Waals surface area contributed by atoms with Gasteiger partial charge in [-0.1, -0.05) is 19.1 Å². The van der Waals surface area contributed by atoms with Gasteiger partial charge in [0.05, 0.1) is 5.56 Å². The van der Waals surface area contributed by atoms with Gasteiger partial charge < -0.3 is 5.32 Å². The van der Waals surface area contributed by atoms with Crippen molar-refractivity contribution in [3.05, 3.63) is 42.2 Å². The summed E-state index contributed by atoms with van der Waals surface area (Å²) in [5.41, 5.74) is 0.126. The molecule has 0 aliphatic heterocycles. The third-order valence-electron chi connectivity index (χ3n) is 2.70. The molecule has 0 radical (unpaired) electrons. The lowest BCUT2D eigenvalue weighted by Crippen LogP contribution is -2.06. The van der Waals surface area contributed by atoms with Crippen molar-refractivity contribution in [3.8, 4) is 11.3 Å². The van der Waals surface area contributed by atoms with E-state index >= 15 is 0 Å². The van der Waals surface area contributed by atoms with Crippen LogP contribution >= 0.6 is 0 Å². The maximum atomic E-state index is 12.7. The normalized spacial score (nSPS) is 11.4. The molecule has 1 aromatic heterocycles. The van der Waals surface area contributed by atoms with Crippen LogP contribution in [0.15, 0.2) is 36.7 Å². The molecule has 0 spiro atoms. The monoisotopic (exact) mass is 281 g/mol. The first-order valence-electron chi connectivity index (χ1n) is 6.25. The molecule has 1 aromatic carbocycles. The largest absolute Gasteiger partial charge is 0.416 e. The predicted molar refractivity (Wildman–Crippen MR) is 71.3 cm³/mol. The van der Waals surface area contributed by atoms with Gasteiger partial charge in [0.25, 0.3) is 0 Å². The Labute approximate surface area is 114 Å². The van der Waals surface area contributed by atoms with Crippen LogP contribution in [0.5, 0.6) is 0 Å². The molecule has 2 aromatic rings. The molecule has 3 nitrogen and oxygen atoms in total. The third-order valence-corrected chi connectivity index (χ3v) is 2.70. The smallest absolute Gasteiger partial charge is 0.368 e. The van der Waals surface area contributed by atoms with Gasteiger partial charge in [-0.15, -0.1) is 0 Å². The van der Waals surface area contributed by atoms with Crippen LogP contribution in [0, 0.1) is 0 Å². The average Bonchev–Trinajstić information content (AvgIpc) is 2.45. The van der Waals surface area contributed by atoms with E-state index in [4.69, 9.17) is 0 Å². The van der Waals surface area contributed by atoms with Gasteiger partial charge in [-0.25, -0.2) is 4.98 Å². The van der Waals surface area contributed by atoms with Gasteiger partial charge in [-0.2, -0.15) is 13.2 Å². The Morgan fingerprint density at radius 3 is 2.60 bits per heavy atom. The summed E-state index contributed by atoms with van der Waals surface area (Å²) in [6.07, 6.45) is -0.504. The first kappa shape index (κ1) is 14.3. The molecule has 0 atom stereocenters. The standard InChI is InChI=1S/C14H14F3N3/c1-2-6-19-13-12(18-7-8-20-13)10-4-3-5-11(9-10)14(15,16)17/h3-5,7-9H,2,6H2,1H3,(H,19,20). The molecular formula is C14H14F3N3. The quantitative estimate of drug-likeness (QED) is 0.921. The minimum absolute atomic E-state index is 0.395. The lowest BCUT2D eigenvalue weighted by molar-refractivity contribution is -0.137. The lowest BCUT2D eigenvalue weighted by Gasteiger charge is -2.11. The van der Waals surface area contributed by atoms with E-state index in [0.29, 0.717) is 23.6 Å². The zero-order valence-corrected chi connectivity index (χ0v) is 10.9. The summed E-state index contributed by atoms with van der Waals surface area (Å²) in [4.78, 5) is 8.26. The number of halogens is 3. The average molecular weight is 281 g/mol. The summed E-state index contributed by atoms with van der Waals surface area (Å²) in [6, 6.07) is 5.09. The van der Waals surface area contributed by atoms with Gasteiger partial charge in [0.1, 0.15) is 5.69 Å². The van der Waals surface area contributed by atoms with E-state index in [0.717, 1.165) is 18.6 Å². The first-order chi connectivity index (χ1) is 9.52. The van der Waals surface area contributed by atoms with Crippen LogP contribution in [0.1, 0.15) is 18.9 Å². The van der Waals surface area contributed by atoms with Crippen LogP contribution in [0.4, 0.5) is 19.0 Å². The van der Waals surface area contributed by atoms with E-state index < -0.39 is 11.7 Å². The van der Waals surface area contributed by atoms with Crippen LogP contribution in [0.3, 0.4) is 0 Å². The molecular weight excluding hydrogens is 267 g/mol. The number of alkyl halides is 3. The number of benzene rings is 1. The van der Waals surface area contributed by atoms with Gasteiger partial charge in [0.15, 0.2) is 5.82 Å². The second kappa shape index (κ2) is 5.90. The number of aromatic nitrogens is 2. The molecule has 2 rings (SSSR count). The minimum Gasteiger partial charge on any atom is -0.368 e. The molecule has 0 amide bonds. The van der Waals surface area contributed by atoms with Crippen molar-refractivity contribution in [3.63, 3.8) is 0 Å². The summed E-state index contributed by atoms with van der Waals surface area (Å²) < 4.78 is 38.2. The van der Waals surface area contributed by atoms with Crippen LogP contribution < -0.4 is 5.32 Å². The number of nitrogens with zero attached hydrogens (tertiary/aromatic N) is 2. The summed E-state index contributed by atoms with van der Waals surface area (Å²) in [7, 11) is 0. The first-order valence-corrected chi connectivity index (χ1v) is 6.25. The molecule has 0 bridgehead atoms. The van der Waals surface area contributed by atoms with E-state index in [2.05, 4.69) is 15.3 Å². The fraction of sp³-hybridized carbons (Fsp3) is 0.286. The van der Waals surface area contributed by atoms with Crippen molar-refractivity contribution >= 4 is 5.82 Å². The highest BCUT2D eigenvalue weighted by molar-refractivity contribution is 5.71. The fourth-order valence-electron chi connectivity index (χ4n) is 1.76. The molecule has 0 fully saturated rings. The maximum absolute atomic E-state index is 12.7. The SMILES string of the molecule is CCCNc1nccnc1-c1cccc(C(F)(F)F)c1. The highest BCUT2D eigenvalue weighted by atomic mass is 19.4. The Hall–Kier alpha value is -2.11. The number of hydrogen-bond acceptors (Lipinski definition) is 3. The number of nitrogens with one attached hydrogen (secondary N) is 1. The van der Waals surface area contributed by atoms with Crippen molar-refractivity contribution in [2.45, 2.75) is 19.5 Å². The van der Waals surface area contributed by atoms with Crippen LogP contribution in [0.25, 0.3) is 11.3 Å². The summed E-state index contributed by atoms with van der Waals surface area (Å²) in [5.74, 6) is 0.494. The summed E-state index contributed by atoms with van der Waals surface area (Å²) >= 11 is 0. The molecule has 0 aliphatic carbocycles. The molecule has 1 N–H and O–H groups in total. The van der Waals surface area contributed by atoms with Crippen molar-refractivity contribution < 1.29 is 13.2 Å². The van der Waals surface area contributed by atoms with Gasteiger partial charge in [0.2, 0.25) is 0 Å². The van der Waals surface area contributed by atoms with Crippen molar-refractivity contribution in [2.75, 3.05) is 11.9 Å². The minimum atomic E-state index is -4.37. The van der Waals surface area contributed by atoms with E-state index in [1.165, 1.54) is 18.5 Å². The summed E-state index contributed by atoms with van der Waals surface area (Å²) in [6.45, 7) is 2.68. The Balaban J connectivity index is 2.41. The lowest BCUT2D eigenvalue weighted by atomic mass is 10.1. The van der Waals surface area contributed by atoms with E-state index in [9.17, 15) is 13.2 Å². The zero-order chi connectivity index (χ0) is 14.6. The van der Waals surface area contributed by atoms with Crippen molar-refractivity contribution in [1.29, 1.82) is 0 Å². The van der Waals surface area contributed by atoms with Crippen molar-refractivity contribution in [2.24, 2.45) is 0 Å². The molecule has 0 saturated carbocycles. The topological polar surface area (TPSA) is 37.8 Å². The van der Waals surface area contributed by atoms with E-state index in [1.807, 2.05) is 6.92 Å². The van der Waals surface area contributed by atoms with Gasteiger partial charge in [-0.3, -0.25) is 4.98 Å². The number of rotatable bonds is 4. The van der Waals surface area contributed by atoms with Crippen LogP contribution in [-0.2, 0) is 6.18 Å². The Morgan fingerprint density at radius 2 is 1.90 bits per heavy atom. The molecule has 0 unspecified atom stereocenters. The maximum Gasteiger partial charge on any atom is 0.416 e. The summed E-state index contributed by atoms with van der Waals surface area (Å²) in [5, 5.41) is 3.06. The van der Waals surface area contributed by atoms with Gasteiger partial charge in [0, 0.05) is 24.5 Å². The Kier molecular flexibility index (Phi) is 4.22. The molecule has 20 heavy (non-hydrogen) atoms. The van der Waals surface area contributed by atoms with Gasteiger partial charge in [-0.05, 0) is 18.6 Å². The van der Waals surface area contributed by atoms with E-state index in [-0.39, 0.29) is 0 Å². The number of anilines is 1. The second-order valence-corrected chi connectivity index (χ2v) is 4.26. The van der Waals surface area contributed by atoms with Crippen LogP contribution in [0.2, 0.25) is 0 Å². The second-order valence-electron chi connectivity index (χ2n) is 4.26. The van der Waals surface area contributed by atoms with Crippen molar-refractivity contribution in [1.82, 2.24) is 9.97 Å². The molecule has 6 heteroatoms. The zero-order valence-electron chi connectivity index (χ0n) is 10.9. The third kappa shape index (κ3) is 3.26. The Bertz CT molecular complexity index is 582. The fourth-order valence-corrected chi connectivity index (χ4v) is 1.76. The highest BCUT2D eigenvalue weighted by Crippen LogP contribution is 2.32. The van der Waals surface area contributed by atoms with Gasteiger partial charge >= 0.3 is 6.18 Å². The number of hydrogen-bond donors (Lipinski definition) is 1. The highest BCUT2D eigenvalue weighted by Gasteiger charge is 2.30. The molecule has 106 valence electrons. The van der Waals surface area contributed by atoms with E-state index in [1.54, 1.807) is 6.07 Å². The molecule has 0 aliphatic rings. The van der Waals surface area contributed by atoms with Crippen LogP contribution in [-0.4, -0.2) is 16.5 Å². The Morgan fingerprint density at radius 1 is 1.15 bits per heavy atom. The molecule has 0 saturated heterocycles. The predicted octanol–water partition coefficient (Wildman–Crippen LogP) is 3.98. The molecule has 1 heterocycles.